The van der Waals surface area contributed by atoms with Crippen LogP contribution in [0.15, 0.2) is 152 Å². The predicted octanol–water partition coefficient (Wildman–Crippen LogP) is 6.34. The summed E-state index contributed by atoms with van der Waals surface area (Å²) in [4.78, 5) is 0. The number of benzene rings is 8. The molecular weight excluding hydrogens is 635 g/mol. The predicted molar refractivity (Wildman–Crippen MR) is 230 cm³/mol. The van der Waals surface area contributed by atoms with E-state index in [0.717, 1.165) is 44.2 Å². The standard InChI is InChI=1S/C46H25B5N2/c47-41-42(48)44(50)46(45(51)43(41)49)53-38-12-6-4-10-34(38)36-25-31(19-22-40(36)53)28-15-13-27(14-16-28)30-18-21-39-35(24-30)33-9-3-5-11-37(33)52(39)32-20-17-26-7-1-2-8-29(26)23-32/h1-25H. The molecule has 2 aromatic heterocycles. The number of nitrogens with zero attached hydrogens (tertiary/aromatic N) is 2. The minimum atomic E-state index is 0.197. The fraction of sp³-hybridized carbons (Fsp3) is 0. The summed E-state index contributed by atoms with van der Waals surface area (Å²) in [5.74, 6) is 0. The Bertz CT molecular complexity index is 3090. The molecule has 0 unspecified atom stereocenters. The van der Waals surface area contributed by atoms with Gasteiger partial charge in [-0.2, -0.15) is 0 Å². The zero-order valence-corrected chi connectivity index (χ0v) is 28.7. The van der Waals surface area contributed by atoms with Gasteiger partial charge >= 0.3 is 0 Å². The van der Waals surface area contributed by atoms with Crippen molar-refractivity contribution in [3.8, 4) is 33.6 Å². The Morgan fingerprint density at radius 2 is 0.736 bits per heavy atom. The molecule has 0 N–H and O–H groups in total. The van der Waals surface area contributed by atoms with Gasteiger partial charge in [0.25, 0.3) is 0 Å². The van der Waals surface area contributed by atoms with Gasteiger partial charge in [-0.25, -0.2) is 0 Å². The second kappa shape index (κ2) is 12.0. The normalized spacial score (nSPS) is 11.8. The lowest BCUT2D eigenvalue weighted by atomic mass is 9.61. The second-order valence-corrected chi connectivity index (χ2v) is 13.7. The Balaban J connectivity index is 1.06. The van der Waals surface area contributed by atoms with Crippen LogP contribution in [0.3, 0.4) is 0 Å². The number of aromatic nitrogens is 2. The van der Waals surface area contributed by atoms with Crippen LogP contribution in [0.4, 0.5) is 0 Å². The van der Waals surface area contributed by atoms with Crippen molar-refractivity contribution >= 4 is 121 Å². The lowest BCUT2D eigenvalue weighted by molar-refractivity contribution is 1.19. The summed E-state index contributed by atoms with van der Waals surface area (Å²) in [6.07, 6.45) is 0. The Hall–Kier alpha value is -6.06. The molecule has 7 heteroatoms. The molecule has 0 aliphatic rings. The Morgan fingerprint density at radius 3 is 1.32 bits per heavy atom. The Kier molecular flexibility index (Phi) is 7.17. The van der Waals surface area contributed by atoms with Crippen LogP contribution in [0.2, 0.25) is 0 Å². The van der Waals surface area contributed by atoms with Crippen LogP contribution >= 0.6 is 0 Å². The first-order chi connectivity index (χ1) is 25.9. The van der Waals surface area contributed by atoms with Crippen molar-refractivity contribution in [1.29, 1.82) is 0 Å². The van der Waals surface area contributed by atoms with Crippen molar-refractivity contribution < 1.29 is 0 Å². The van der Waals surface area contributed by atoms with Gasteiger partial charge in [-0.05, 0) is 81.6 Å². The van der Waals surface area contributed by atoms with Crippen LogP contribution in [0.25, 0.3) is 88.0 Å². The molecule has 10 rings (SSSR count). The van der Waals surface area contributed by atoms with E-state index >= 15 is 0 Å². The zero-order valence-electron chi connectivity index (χ0n) is 28.7. The molecule has 0 amide bonds. The average molecular weight is 660 g/mol. The summed E-state index contributed by atoms with van der Waals surface area (Å²) < 4.78 is 4.40. The number of hydrogen-bond acceptors (Lipinski definition) is 0. The Morgan fingerprint density at radius 1 is 0.302 bits per heavy atom. The number of hydrogen-bond donors (Lipinski definition) is 0. The molecule has 2 heterocycles. The van der Waals surface area contributed by atoms with E-state index in [-0.39, 0.29) is 16.4 Å². The highest BCUT2D eigenvalue weighted by molar-refractivity contribution is 6.68. The van der Waals surface area contributed by atoms with E-state index in [1.165, 1.54) is 38.1 Å². The second-order valence-electron chi connectivity index (χ2n) is 13.7. The van der Waals surface area contributed by atoms with Gasteiger partial charge in [-0.1, -0.05) is 114 Å². The number of rotatable bonds is 4. The summed E-state index contributed by atoms with van der Waals surface area (Å²) in [7, 11) is 31.8. The number of para-hydroxylation sites is 2. The van der Waals surface area contributed by atoms with E-state index in [4.69, 9.17) is 39.2 Å². The molecule has 0 fully saturated rings. The summed E-state index contributed by atoms with van der Waals surface area (Å²) in [6.45, 7) is 0. The molecule has 0 bridgehead atoms. The maximum atomic E-state index is 6.55. The molecule has 0 aliphatic carbocycles. The van der Waals surface area contributed by atoms with Gasteiger partial charge in [0, 0.05) is 32.9 Å². The highest BCUT2D eigenvalue weighted by Gasteiger charge is 2.19. The molecule has 234 valence electrons. The van der Waals surface area contributed by atoms with Gasteiger partial charge in [-0.3, -0.25) is 0 Å². The molecule has 2 nitrogen and oxygen atoms in total. The lowest BCUT2D eigenvalue weighted by Gasteiger charge is -2.23. The number of fused-ring (bicyclic) bond motifs is 7. The molecule has 0 saturated heterocycles. The maximum absolute atomic E-state index is 6.55. The fourth-order valence-electron chi connectivity index (χ4n) is 8.07. The van der Waals surface area contributed by atoms with Crippen LogP contribution < -0.4 is 27.3 Å². The monoisotopic (exact) mass is 660 g/mol. The van der Waals surface area contributed by atoms with Crippen LogP contribution in [-0.4, -0.2) is 48.4 Å². The highest BCUT2D eigenvalue weighted by atomic mass is 15.0. The summed E-state index contributed by atoms with van der Waals surface area (Å²) >= 11 is 0. The summed E-state index contributed by atoms with van der Waals surface area (Å²) in [5.41, 5.74) is 11.7. The van der Waals surface area contributed by atoms with E-state index in [0.29, 0.717) is 16.6 Å². The van der Waals surface area contributed by atoms with Gasteiger partial charge < -0.3 is 9.13 Å². The molecule has 53 heavy (non-hydrogen) atoms. The Labute approximate surface area is 314 Å². The van der Waals surface area contributed by atoms with Crippen molar-refractivity contribution in [2.45, 2.75) is 0 Å². The van der Waals surface area contributed by atoms with Gasteiger partial charge in [0.05, 0.1) is 22.1 Å². The summed E-state index contributed by atoms with van der Waals surface area (Å²) in [5, 5.41) is 7.04. The molecule has 10 radical (unpaired) electrons. The third-order valence-corrected chi connectivity index (χ3v) is 10.8. The lowest BCUT2D eigenvalue weighted by Crippen LogP contribution is -2.56. The molecule has 8 aromatic carbocycles. The van der Waals surface area contributed by atoms with Crippen molar-refractivity contribution in [3.63, 3.8) is 0 Å². The largest absolute Gasteiger partial charge is 0.310 e. The van der Waals surface area contributed by atoms with Gasteiger partial charge in [-0.15, -0.1) is 16.4 Å². The molecular formula is C46H25B5N2. The van der Waals surface area contributed by atoms with Crippen LogP contribution in [-0.2, 0) is 0 Å². The van der Waals surface area contributed by atoms with Crippen LogP contribution in [0, 0.1) is 0 Å². The quantitative estimate of drug-likeness (QED) is 0.196. The first-order valence-electron chi connectivity index (χ1n) is 17.6. The molecule has 0 atom stereocenters. The molecule has 0 aliphatic heterocycles. The van der Waals surface area contributed by atoms with E-state index in [1.54, 1.807) is 0 Å². The van der Waals surface area contributed by atoms with Crippen molar-refractivity contribution in [2.24, 2.45) is 0 Å². The van der Waals surface area contributed by atoms with Crippen LogP contribution in [0.5, 0.6) is 0 Å². The van der Waals surface area contributed by atoms with E-state index in [9.17, 15) is 0 Å². The fourth-order valence-corrected chi connectivity index (χ4v) is 8.07. The summed E-state index contributed by atoms with van der Waals surface area (Å²) in [6, 6.07) is 54.0. The van der Waals surface area contributed by atoms with Crippen molar-refractivity contribution in [3.05, 3.63) is 152 Å². The minimum Gasteiger partial charge on any atom is -0.310 e. The van der Waals surface area contributed by atoms with Gasteiger partial charge in [0.2, 0.25) is 0 Å². The molecule has 0 spiro atoms. The first-order valence-corrected chi connectivity index (χ1v) is 17.6. The van der Waals surface area contributed by atoms with E-state index < -0.39 is 0 Å². The average Bonchev–Trinajstić information content (AvgIpc) is 3.71. The molecule has 0 saturated carbocycles. The SMILES string of the molecule is [B]c1c([B])c([B])c(-n2c3ccccc3c3cc(-c4ccc(-c5ccc6c(c5)c5ccccc5n6-c5ccc6ccccc6c5)cc4)ccc32)c([B])c1[B]. The first kappa shape index (κ1) is 31.7. The molecule has 10 aromatic rings. The zero-order chi connectivity index (χ0) is 36.0. The smallest absolute Gasteiger partial charge is 0.115 e. The highest BCUT2D eigenvalue weighted by Crippen LogP contribution is 2.37. The van der Waals surface area contributed by atoms with E-state index in [1.807, 2.05) is 22.8 Å². The van der Waals surface area contributed by atoms with Crippen molar-refractivity contribution in [1.82, 2.24) is 9.13 Å². The maximum Gasteiger partial charge on any atom is 0.115 e. The van der Waals surface area contributed by atoms with E-state index in [2.05, 4.69) is 138 Å². The van der Waals surface area contributed by atoms with Crippen molar-refractivity contribution in [2.75, 3.05) is 0 Å². The minimum absolute atomic E-state index is 0.197. The third kappa shape index (κ3) is 4.80. The topological polar surface area (TPSA) is 9.86 Å². The van der Waals surface area contributed by atoms with Gasteiger partial charge in [0.1, 0.15) is 39.2 Å². The van der Waals surface area contributed by atoms with Gasteiger partial charge in [0.15, 0.2) is 0 Å². The third-order valence-electron chi connectivity index (χ3n) is 10.8. The van der Waals surface area contributed by atoms with Crippen LogP contribution in [0.1, 0.15) is 0 Å².